The summed E-state index contributed by atoms with van der Waals surface area (Å²) in [5.74, 6) is 6.43. The van der Waals surface area contributed by atoms with Crippen LogP contribution in [0.5, 0.6) is 5.75 Å². The molecular weight excluding hydrogens is 390 g/mol. The number of carbonyl (C=O) groups excluding carboxylic acids is 1. The zero-order valence-corrected chi connectivity index (χ0v) is 16.9. The number of methoxy groups -OCH3 is 1. The van der Waals surface area contributed by atoms with Crippen LogP contribution in [0, 0.1) is 6.92 Å². The highest BCUT2D eigenvalue weighted by Crippen LogP contribution is 2.15. The normalized spacial score (nSPS) is 10.6. The Morgan fingerprint density at radius 2 is 1.97 bits per heavy atom. The minimum Gasteiger partial charge on any atom is -0.497 e. The molecule has 1 amide bonds. The lowest BCUT2D eigenvalue weighted by Gasteiger charge is -2.09. The molecule has 8 nitrogen and oxygen atoms in total. The van der Waals surface area contributed by atoms with E-state index < -0.39 is 5.56 Å². The van der Waals surface area contributed by atoms with Crippen LogP contribution in [0.1, 0.15) is 16.8 Å². The number of rotatable bonds is 7. The molecule has 3 N–H and O–H groups in total. The average molecular weight is 411 g/mol. The Morgan fingerprint density at radius 1 is 1.21 bits per heavy atom. The number of nitrogens with two attached hydrogens (primary N) is 1. The van der Waals surface area contributed by atoms with Gasteiger partial charge in [-0.2, -0.15) is 4.68 Å². The van der Waals surface area contributed by atoms with Crippen molar-refractivity contribution >= 4 is 23.4 Å². The molecule has 0 saturated heterocycles. The molecule has 0 unspecified atom stereocenters. The lowest BCUT2D eigenvalue weighted by Crippen LogP contribution is -2.34. The Morgan fingerprint density at radius 3 is 2.66 bits per heavy atom. The number of carbonyl (C=O) groups is 1. The van der Waals surface area contributed by atoms with Crippen LogP contribution in [0.2, 0.25) is 0 Å². The second-order valence-corrected chi connectivity index (χ2v) is 7.28. The quantitative estimate of drug-likeness (QED) is 0.452. The van der Waals surface area contributed by atoms with Gasteiger partial charge in [-0.3, -0.25) is 9.59 Å². The van der Waals surface area contributed by atoms with Crippen LogP contribution in [-0.2, 0) is 11.2 Å². The molecule has 150 valence electrons. The van der Waals surface area contributed by atoms with E-state index in [1.165, 1.54) is 0 Å². The summed E-state index contributed by atoms with van der Waals surface area (Å²) >= 11 is 1.05. The molecule has 2 aromatic carbocycles. The smallest absolute Gasteiger partial charge is 0.294 e. The lowest BCUT2D eigenvalue weighted by atomic mass is 10.1. The van der Waals surface area contributed by atoms with Gasteiger partial charge in [0.05, 0.1) is 12.9 Å². The van der Waals surface area contributed by atoms with E-state index in [1.54, 1.807) is 19.2 Å². The highest BCUT2D eigenvalue weighted by Gasteiger charge is 2.13. The highest BCUT2D eigenvalue weighted by atomic mass is 32.2. The number of hydrogen-bond acceptors (Lipinski definition) is 7. The number of nitrogens with one attached hydrogen (secondary N) is 1. The van der Waals surface area contributed by atoms with Crippen molar-refractivity contribution in [3.05, 3.63) is 75.7 Å². The van der Waals surface area contributed by atoms with Gasteiger partial charge in [0.15, 0.2) is 0 Å². The summed E-state index contributed by atoms with van der Waals surface area (Å²) in [6, 6.07) is 14.8. The third kappa shape index (κ3) is 5.35. The molecule has 29 heavy (non-hydrogen) atoms. The lowest BCUT2D eigenvalue weighted by molar-refractivity contribution is -0.113. The Bertz CT molecular complexity index is 1070. The topological polar surface area (TPSA) is 112 Å². The third-order valence-corrected chi connectivity index (χ3v) is 5.04. The molecule has 0 radical (unpaired) electrons. The van der Waals surface area contributed by atoms with Crippen molar-refractivity contribution in [1.29, 1.82) is 0 Å². The summed E-state index contributed by atoms with van der Waals surface area (Å²) in [7, 11) is 1.59. The minimum atomic E-state index is -0.447. The molecule has 0 spiro atoms. The molecule has 0 saturated carbocycles. The van der Waals surface area contributed by atoms with Crippen LogP contribution in [0.4, 0.5) is 5.69 Å². The molecule has 9 heteroatoms. The Kier molecular flexibility index (Phi) is 6.50. The number of thioether (sulfide) groups is 1. The largest absolute Gasteiger partial charge is 0.497 e. The maximum Gasteiger partial charge on any atom is 0.294 e. The monoisotopic (exact) mass is 411 g/mol. The number of ether oxygens (including phenoxy) is 1. The highest BCUT2D eigenvalue weighted by molar-refractivity contribution is 7.99. The van der Waals surface area contributed by atoms with Gasteiger partial charge < -0.3 is 15.9 Å². The first-order valence-corrected chi connectivity index (χ1v) is 9.81. The predicted octanol–water partition coefficient (Wildman–Crippen LogP) is 1.99. The van der Waals surface area contributed by atoms with Gasteiger partial charge in [-0.15, -0.1) is 10.2 Å². The third-order valence-electron chi connectivity index (χ3n) is 4.09. The van der Waals surface area contributed by atoms with Crippen molar-refractivity contribution < 1.29 is 9.53 Å². The second kappa shape index (κ2) is 9.24. The molecule has 0 aliphatic heterocycles. The summed E-state index contributed by atoms with van der Waals surface area (Å²) < 4.78 is 6.05. The summed E-state index contributed by atoms with van der Waals surface area (Å²) in [4.78, 5) is 24.6. The number of aromatic nitrogens is 3. The SMILES string of the molecule is COc1ccc(Cc2nnc(SCC(=O)Nc3cccc(C)c3)n(N)c2=O)cc1. The summed E-state index contributed by atoms with van der Waals surface area (Å²) in [5.41, 5.74) is 2.42. The standard InChI is InChI=1S/C20H21N5O3S/c1-13-4-3-5-15(10-13)22-18(26)12-29-20-24-23-17(19(27)25(20)21)11-14-6-8-16(28-2)9-7-14/h3-10H,11-12,21H2,1-2H3,(H,22,26). The van der Waals surface area contributed by atoms with Crippen LogP contribution in [-0.4, -0.2) is 33.6 Å². The first-order valence-electron chi connectivity index (χ1n) is 8.82. The molecular formula is C20H21N5O3S. The number of amides is 1. The maximum atomic E-state index is 12.5. The molecule has 0 bridgehead atoms. The molecule has 0 atom stereocenters. The van der Waals surface area contributed by atoms with Crippen molar-refractivity contribution in [2.75, 3.05) is 24.0 Å². The predicted molar refractivity (Wildman–Crippen MR) is 113 cm³/mol. The Labute approximate surface area is 172 Å². The van der Waals surface area contributed by atoms with E-state index in [-0.39, 0.29) is 22.5 Å². The van der Waals surface area contributed by atoms with Crippen LogP contribution < -0.4 is 21.5 Å². The number of nitrogens with zero attached hydrogens (tertiary/aromatic N) is 3. The number of anilines is 1. The first kappa shape index (κ1) is 20.4. The molecule has 1 heterocycles. The molecule has 0 fully saturated rings. The summed E-state index contributed by atoms with van der Waals surface area (Å²) in [5, 5.41) is 11.0. The summed E-state index contributed by atoms with van der Waals surface area (Å²) in [6.45, 7) is 1.95. The Hall–Kier alpha value is -3.33. The number of benzene rings is 2. The fourth-order valence-electron chi connectivity index (χ4n) is 2.62. The molecule has 3 aromatic rings. The molecule has 3 rings (SSSR count). The van der Waals surface area contributed by atoms with E-state index in [4.69, 9.17) is 10.6 Å². The molecule has 0 aliphatic carbocycles. The van der Waals surface area contributed by atoms with E-state index in [0.29, 0.717) is 12.1 Å². The number of nitrogen functional groups attached to an aromatic ring is 1. The van der Waals surface area contributed by atoms with Crippen molar-refractivity contribution in [1.82, 2.24) is 14.9 Å². The van der Waals surface area contributed by atoms with Crippen molar-refractivity contribution in [2.24, 2.45) is 0 Å². The van der Waals surface area contributed by atoms with Gasteiger partial charge in [0.25, 0.3) is 5.56 Å². The van der Waals surface area contributed by atoms with Crippen molar-refractivity contribution in [3.63, 3.8) is 0 Å². The second-order valence-electron chi connectivity index (χ2n) is 6.34. The average Bonchev–Trinajstić information content (AvgIpc) is 2.71. The zero-order chi connectivity index (χ0) is 20.8. The molecule has 1 aromatic heterocycles. The molecule has 0 aliphatic rings. The van der Waals surface area contributed by atoms with Gasteiger partial charge in [0, 0.05) is 12.1 Å². The zero-order valence-electron chi connectivity index (χ0n) is 16.1. The Balaban J connectivity index is 1.64. The van der Waals surface area contributed by atoms with Gasteiger partial charge >= 0.3 is 0 Å². The first-order chi connectivity index (χ1) is 14.0. The number of hydrogen-bond donors (Lipinski definition) is 2. The fourth-order valence-corrected chi connectivity index (χ4v) is 3.27. The van der Waals surface area contributed by atoms with E-state index in [0.717, 1.165) is 33.3 Å². The van der Waals surface area contributed by atoms with E-state index in [2.05, 4.69) is 15.5 Å². The van der Waals surface area contributed by atoms with Crippen LogP contribution in [0.25, 0.3) is 0 Å². The maximum absolute atomic E-state index is 12.5. The van der Waals surface area contributed by atoms with E-state index >= 15 is 0 Å². The van der Waals surface area contributed by atoms with Crippen molar-refractivity contribution in [3.8, 4) is 5.75 Å². The van der Waals surface area contributed by atoms with Gasteiger partial charge in [-0.05, 0) is 42.3 Å². The minimum absolute atomic E-state index is 0.0527. The van der Waals surface area contributed by atoms with Crippen LogP contribution in [0.3, 0.4) is 0 Å². The van der Waals surface area contributed by atoms with E-state index in [1.807, 2.05) is 43.3 Å². The van der Waals surface area contributed by atoms with Crippen molar-refractivity contribution in [2.45, 2.75) is 18.5 Å². The summed E-state index contributed by atoms with van der Waals surface area (Å²) in [6.07, 6.45) is 0.297. The van der Waals surface area contributed by atoms with Gasteiger partial charge in [0.1, 0.15) is 11.4 Å². The van der Waals surface area contributed by atoms with E-state index in [9.17, 15) is 9.59 Å². The van der Waals surface area contributed by atoms with Gasteiger partial charge in [-0.25, -0.2) is 0 Å². The van der Waals surface area contributed by atoms with Gasteiger partial charge in [-0.1, -0.05) is 36.0 Å². The van der Waals surface area contributed by atoms with Crippen LogP contribution >= 0.6 is 11.8 Å². The van der Waals surface area contributed by atoms with Crippen LogP contribution in [0.15, 0.2) is 58.5 Å². The van der Waals surface area contributed by atoms with Gasteiger partial charge in [0.2, 0.25) is 11.1 Å². The fraction of sp³-hybridized carbons (Fsp3) is 0.200. The number of aryl methyl sites for hydroxylation is 1.